The molecule has 1 aromatic rings. The van der Waals surface area contributed by atoms with Crippen LogP contribution >= 0.6 is 0 Å². The zero-order chi connectivity index (χ0) is 25.5. The molecule has 0 N–H and O–H groups in total. The number of aldehydes is 1. The lowest BCUT2D eigenvalue weighted by atomic mass is 10.1. The molecule has 0 spiro atoms. The maximum absolute atomic E-state index is 11.5. The molecule has 0 saturated carbocycles. The summed E-state index contributed by atoms with van der Waals surface area (Å²) >= 11 is 0. The molecule has 8 heteroatoms. The first-order chi connectivity index (χ1) is 16.8. The Morgan fingerprint density at radius 1 is 1.23 bits per heavy atom. The molecule has 1 aromatic heterocycles. The van der Waals surface area contributed by atoms with E-state index < -0.39 is 0 Å². The molecule has 0 bridgehead atoms. The van der Waals surface area contributed by atoms with Gasteiger partial charge in [-0.05, 0) is 56.5 Å². The van der Waals surface area contributed by atoms with E-state index in [4.69, 9.17) is 4.99 Å². The molecule has 35 heavy (non-hydrogen) atoms. The Labute approximate surface area is 209 Å². The molecule has 3 heterocycles. The molecule has 0 radical (unpaired) electrons. The van der Waals surface area contributed by atoms with E-state index in [0.29, 0.717) is 23.0 Å². The Hall–Kier alpha value is -3.26. The van der Waals surface area contributed by atoms with Crippen molar-refractivity contribution < 1.29 is 4.79 Å². The molecular weight excluding hydrogens is 438 g/mol. The number of aryl methyl sites for hydroxylation is 2. The molecule has 2 aliphatic rings. The summed E-state index contributed by atoms with van der Waals surface area (Å²) < 4.78 is 2.02. The Balaban J connectivity index is 1.94. The highest BCUT2D eigenvalue weighted by Crippen LogP contribution is 2.19. The molecule has 1 atom stereocenters. The lowest BCUT2D eigenvalue weighted by molar-refractivity contribution is -0.104. The van der Waals surface area contributed by atoms with Crippen LogP contribution in [0, 0.1) is 12.8 Å². The van der Waals surface area contributed by atoms with Gasteiger partial charge in [-0.25, -0.2) is 4.99 Å². The van der Waals surface area contributed by atoms with Crippen LogP contribution < -0.4 is 10.4 Å². The number of hydrogen-bond acceptors (Lipinski definition) is 7. The van der Waals surface area contributed by atoms with Crippen LogP contribution in [0.1, 0.15) is 39.7 Å². The van der Waals surface area contributed by atoms with Crippen molar-refractivity contribution in [1.29, 1.82) is 0 Å². The number of hydrogen-bond donors (Lipinski definition) is 0. The van der Waals surface area contributed by atoms with E-state index >= 15 is 0 Å². The second-order valence-corrected chi connectivity index (χ2v) is 9.19. The van der Waals surface area contributed by atoms with Crippen molar-refractivity contribution in [2.24, 2.45) is 28.2 Å². The average Bonchev–Trinajstić information content (AvgIpc) is 2.86. The number of piperazine rings is 1. The van der Waals surface area contributed by atoms with Crippen LogP contribution in [-0.2, 0) is 11.8 Å². The lowest BCUT2D eigenvalue weighted by Crippen LogP contribution is -2.46. The van der Waals surface area contributed by atoms with Crippen molar-refractivity contribution in [1.82, 2.24) is 14.6 Å². The average molecular weight is 478 g/mol. The Kier molecular flexibility index (Phi) is 8.98. The summed E-state index contributed by atoms with van der Waals surface area (Å²) in [6.45, 7) is 19.8. The quantitative estimate of drug-likeness (QED) is 0.326. The van der Waals surface area contributed by atoms with E-state index in [1.54, 1.807) is 0 Å². The smallest absolute Gasteiger partial charge is 0.145 e. The van der Waals surface area contributed by atoms with Gasteiger partial charge in [0, 0.05) is 51.2 Å². The summed E-state index contributed by atoms with van der Waals surface area (Å²) in [7, 11) is 1.99. The molecule has 3 rings (SSSR count). The second kappa shape index (κ2) is 11.9. The van der Waals surface area contributed by atoms with Gasteiger partial charge in [-0.1, -0.05) is 27.4 Å². The maximum Gasteiger partial charge on any atom is 0.145 e. The van der Waals surface area contributed by atoms with Crippen molar-refractivity contribution in [2.75, 3.05) is 37.6 Å². The topological polar surface area (TPSA) is 68.8 Å². The van der Waals surface area contributed by atoms with Crippen molar-refractivity contribution in [2.45, 2.75) is 41.0 Å². The molecule has 8 nitrogen and oxygen atoms in total. The zero-order valence-corrected chi connectivity index (χ0v) is 22.0. The zero-order valence-electron chi connectivity index (χ0n) is 22.0. The number of carbonyl (C=O) groups is 1. The van der Waals surface area contributed by atoms with Gasteiger partial charge in [-0.2, -0.15) is 10.2 Å². The van der Waals surface area contributed by atoms with Crippen molar-refractivity contribution in [3.63, 3.8) is 0 Å². The highest BCUT2D eigenvalue weighted by atomic mass is 16.1. The molecule has 1 unspecified atom stereocenters. The van der Waals surface area contributed by atoms with Gasteiger partial charge >= 0.3 is 0 Å². The van der Waals surface area contributed by atoms with Gasteiger partial charge in [0.15, 0.2) is 0 Å². The number of aromatic nitrogens is 1. The van der Waals surface area contributed by atoms with Gasteiger partial charge < -0.3 is 14.4 Å². The van der Waals surface area contributed by atoms with Gasteiger partial charge in [0.25, 0.3) is 0 Å². The summed E-state index contributed by atoms with van der Waals surface area (Å²) in [6.07, 6.45) is 8.95. The number of anilines is 1. The predicted molar refractivity (Wildman–Crippen MR) is 144 cm³/mol. The molecule has 188 valence electrons. The number of likely N-dealkylation sites (N-methyl/N-ethyl adjacent to an activating group) is 1. The van der Waals surface area contributed by atoms with Crippen LogP contribution in [0.2, 0.25) is 0 Å². The normalized spacial score (nSPS) is 19.3. The van der Waals surface area contributed by atoms with Crippen molar-refractivity contribution in [3.05, 3.63) is 59.5 Å². The minimum absolute atomic E-state index is 0.340. The van der Waals surface area contributed by atoms with E-state index in [1.807, 2.05) is 30.7 Å². The van der Waals surface area contributed by atoms with Gasteiger partial charge in [0.05, 0.1) is 17.1 Å². The van der Waals surface area contributed by atoms with Gasteiger partial charge in [-0.3, -0.25) is 4.79 Å². The summed E-state index contributed by atoms with van der Waals surface area (Å²) in [5, 5.41) is 10.8. The van der Waals surface area contributed by atoms with Crippen LogP contribution in [-0.4, -0.2) is 65.0 Å². The third kappa shape index (κ3) is 6.45. The van der Waals surface area contributed by atoms with E-state index in [9.17, 15) is 4.79 Å². The molecule has 0 aliphatic carbocycles. The highest BCUT2D eigenvalue weighted by Gasteiger charge is 2.18. The Morgan fingerprint density at radius 3 is 2.54 bits per heavy atom. The Morgan fingerprint density at radius 2 is 1.94 bits per heavy atom. The number of hydrazone groups is 2. The third-order valence-corrected chi connectivity index (χ3v) is 6.75. The monoisotopic (exact) mass is 477 g/mol. The van der Waals surface area contributed by atoms with E-state index in [0.717, 1.165) is 62.2 Å². The highest BCUT2D eigenvalue weighted by molar-refractivity contribution is 6.10. The van der Waals surface area contributed by atoms with Crippen LogP contribution in [0.3, 0.4) is 0 Å². The van der Waals surface area contributed by atoms with Gasteiger partial charge in [0.1, 0.15) is 17.5 Å². The largest absolute Gasteiger partial charge is 0.368 e. The minimum Gasteiger partial charge on any atom is -0.368 e. The first-order valence-electron chi connectivity index (χ1n) is 12.4. The molecule has 0 aromatic carbocycles. The van der Waals surface area contributed by atoms with Crippen LogP contribution in [0.5, 0.6) is 0 Å². The third-order valence-electron chi connectivity index (χ3n) is 6.75. The van der Waals surface area contributed by atoms with Gasteiger partial charge in [-0.15, -0.1) is 5.10 Å². The number of carbonyl (C=O) groups excluding carboxylic acids is 1. The van der Waals surface area contributed by atoms with Gasteiger partial charge in [0.2, 0.25) is 0 Å². The first kappa shape index (κ1) is 26.3. The number of nitrogens with zero attached hydrogens (tertiary/aromatic N) is 7. The number of allylic oxidation sites excluding steroid dienone is 3. The van der Waals surface area contributed by atoms with Crippen LogP contribution in [0.25, 0.3) is 0 Å². The second-order valence-electron chi connectivity index (χ2n) is 9.19. The summed E-state index contributed by atoms with van der Waals surface area (Å²) in [4.78, 5) is 21.2. The molecule has 2 aliphatic heterocycles. The molecule has 1 saturated heterocycles. The first-order valence-corrected chi connectivity index (χ1v) is 12.4. The lowest BCUT2D eigenvalue weighted by Gasteiger charge is -2.35. The Bertz CT molecular complexity index is 1100. The van der Waals surface area contributed by atoms with Crippen LogP contribution in [0.4, 0.5) is 5.69 Å². The molecule has 0 amide bonds. The standard InChI is InChI=1S/C27H39N7O/c1-8-20(3)23(6)29-34-22(5)10-11-26(30-34)25(12-17-35)28-27-21(4)18-24(19-31(27)7)33-15-13-32(9-2)14-16-33/h10-12,17-20H,5,8-9,13-16H2,1-4,6-7H3/b25-12-,28-27?,29-23-. The minimum atomic E-state index is 0.340. The fourth-order valence-corrected chi connectivity index (χ4v) is 4.09. The fourth-order valence-electron chi connectivity index (χ4n) is 4.09. The maximum atomic E-state index is 11.5. The van der Waals surface area contributed by atoms with Crippen molar-refractivity contribution >= 4 is 23.4 Å². The number of pyridine rings is 1. The summed E-state index contributed by atoms with van der Waals surface area (Å²) in [5.74, 6) is 0.340. The summed E-state index contributed by atoms with van der Waals surface area (Å²) in [5.41, 5.74) is 5.68. The van der Waals surface area contributed by atoms with E-state index in [-0.39, 0.29) is 0 Å². The predicted octanol–water partition coefficient (Wildman–Crippen LogP) is 3.62. The fraction of sp³-hybridized carbons (Fsp3) is 0.481. The van der Waals surface area contributed by atoms with Crippen LogP contribution in [0.15, 0.2) is 63.7 Å². The SMILES string of the molecule is C=C1C=CC(/C(=C/C=O)N=c2c(C)cc(N3CCN(CC)CC3)cn2C)=NN1/N=C(/C)C(C)CC. The van der Waals surface area contributed by atoms with E-state index in [2.05, 4.69) is 66.5 Å². The van der Waals surface area contributed by atoms with E-state index in [1.165, 1.54) is 16.9 Å². The number of rotatable bonds is 8. The summed E-state index contributed by atoms with van der Waals surface area (Å²) in [6, 6.07) is 2.17. The van der Waals surface area contributed by atoms with Crippen molar-refractivity contribution in [3.8, 4) is 0 Å². The molecular formula is C27H39N7O. The molecule has 1 fully saturated rings.